The molecular weight excluding hydrogens is 659 g/mol. The van der Waals surface area contributed by atoms with Gasteiger partial charge in [0.1, 0.15) is 18.6 Å². The van der Waals surface area contributed by atoms with E-state index in [-0.39, 0.29) is 67.7 Å². The molecule has 1 saturated heterocycles. The smallest absolute Gasteiger partial charge is 0.416 e. The van der Waals surface area contributed by atoms with Crippen LogP contribution in [0.1, 0.15) is 59.1 Å². The number of amides is 2. The number of anilines is 2. The molecule has 0 bridgehead atoms. The number of piperazine rings is 1. The number of aryl methyl sites for hydroxylation is 2. The molecule has 0 atom stereocenters. The molecule has 2 aliphatic heterocycles. The summed E-state index contributed by atoms with van der Waals surface area (Å²) in [6, 6.07) is 3.18. The number of halogens is 3. The SMILES string of the molecule is CCc1cc(C(F)(F)F)ccc1NC(=O)Cn1c(CC)c(N2CCN(C(=O)c3ncnc(C)c3O)CC2)c(=O)n2nc(C3=CCOCC3)nc12. The van der Waals surface area contributed by atoms with Crippen molar-refractivity contribution >= 4 is 34.5 Å². The highest BCUT2D eigenvalue weighted by Crippen LogP contribution is 2.32. The first kappa shape index (κ1) is 34.5. The predicted octanol–water partition coefficient (Wildman–Crippen LogP) is 3.24. The van der Waals surface area contributed by atoms with E-state index in [1.54, 1.807) is 18.4 Å². The quantitative estimate of drug-likeness (QED) is 0.280. The van der Waals surface area contributed by atoms with Gasteiger partial charge >= 0.3 is 6.18 Å². The fourth-order valence-corrected chi connectivity index (χ4v) is 6.22. The Morgan fingerprint density at radius 1 is 1.08 bits per heavy atom. The zero-order valence-corrected chi connectivity index (χ0v) is 27.7. The van der Waals surface area contributed by atoms with Gasteiger partial charge in [-0.25, -0.2) is 9.97 Å². The third kappa shape index (κ3) is 6.64. The highest BCUT2D eigenvalue weighted by molar-refractivity contribution is 5.95. The van der Waals surface area contributed by atoms with Crippen LogP contribution in [0, 0.1) is 6.92 Å². The van der Waals surface area contributed by atoms with E-state index >= 15 is 0 Å². The van der Waals surface area contributed by atoms with Gasteiger partial charge in [0.25, 0.3) is 11.5 Å². The minimum Gasteiger partial charge on any atom is -0.504 e. The zero-order valence-electron chi connectivity index (χ0n) is 27.7. The number of fused-ring (bicyclic) bond motifs is 1. The summed E-state index contributed by atoms with van der Waals surface area (Å²) in [5, 5.41) is 17.7. The summed E-state index contributed by atoms with van der Waals surface area (Å²) in [6.07, 6.45) is -0.371. The zero-order chi connectivity index (χ0) is 35.7. The van der Waals surface area contributed by atoms with Gasteiger partial charge in [-0.05, 0) is 55.5 Å². The van der Waals surface area contributed by atoms with Gasteiger partial charge in [-0.2, -0.15) is 22.7 Å². The molecule has 2 N–H and O–H groups in total. The maximum absolute atomic E-state index is 14.2. The Hall–Kier alpha value is -5.32. The van der Waals surface area contributed by atoms with Crippen molar-refractivity contribution in [2.75, 3.05) is 49.6 Å². The number of carbonyl (C=O) groups excluding carboxylic acids is 2. The van der Waals surface area contributed by atoms with Gasteiger partial charge < -0.3 is 29.5 Å². The van der Waals surface area contributed by atoms with Crippen molar-refractivity contribution in [1.29, 1.82) is 0 Å². The van der Waals surface area contributed by atoms with Gasteiger partial charge in [0.2, 0.25) is 11.7 Å². The number of hydrogen-bond donors (Lipinski definition) is 2. The summed E-state index contributed by atoms with van der Waals surface area (Å²) in [6.45, 7) is 6.56. The number of carbonyl (C=O) groups is 2. The number of rotatable bonds is 8. The van der Waals surface area contributed by atoms with E-state index in [1.807, 2.05) is 17.9 Å². The molecule has 6 rings (SSSR count). The minimum absolute atomic E-state index is 0.105. The first-order chi connectivity index (χ1) is 23.9. The maximum Gasteiger partial charge on any atom is 0.416 e. The van der Waals surface area contributed by atoms with Crippen LogP contribution in [-0.4, -0.2) is 90.3 Å². The van der Waals surface area contributed by atoms with E-state index in [1.165, 1.54) is 21.8 Å². The van der Waals surface area contributed by atoms with Crippen molar-refractivity contribution in [2.24, 2.45) is 0 Å². The molecule has 0 spiro atoms. The first-order valence-electron chi connectivity index (χ1n) is 16.3. The molecule has 5 heterocycles. The Morgan fingerprint density at radius 2 is 1.84 bits per heavy atom. The van der Waals surface area contributed by atoms with E-state index < -0.39 is 29.1 Å². The van der Waals surface area contributed by atoms with Gasteiger partial charge in [-0.1, -0.05) is 19.9 Å². The molecule has 264 valence electrons. The summed E-state index contributed by atoms with van der Waals surface area (Å²) in [7, 11) is 0. The Bertz CT molecular complexity index is 2050. The topological polar surface area (TPSA) is 160 Å². The molecule has 14 nitrogen and oxygen atoms in total. The number of alkyl halides is 3. The monoisotopic (exact) mass is 695 g/mol. The molecule has 2 aliphatic rings. The normalized spacial score (nSPS) is 15.4. The van der Waals surface area contributed by atoms with Crippen LogP contribution in [0.15, 0.2) is 35.4 Å². The van der Waals surface area contributed by atoms with E-state index in [4.69, 9.17) is 4.74 Å². The van der Waals surface area contributed by atoms with Crippen LogP contribution in [0.3, 0.4) is 0 Å². The second-order valence-corrected chi connectivity index (χ2v) is 11.9. The van der Waals surface area contributed by atoms with Crippen LogP contribution in [0.25, 0.3) is 11.4 Å². The molecule has 0 aliphatic carbocycles. The van der Waals surface area contributed by atoms with Crippen molar-refractivity contribution < 1.29 is 32.6 Å². The van der Waals surface area contributed by atoms with E-state index in [2.05, 4.69) is 25.4 Å². The highest BCUT2D eigenvalue weighted by Gasteiger charge is 2.32. The third-order valence-electron chi connectivity index (χ3n) is 8.89. The number of hydrogen-bond acceptors (Lipinski definition) is 10. The van der Waals surface area contributed by atoms with Crippen molar-refractivity contribution in [1.82, 2.24) is 34.0 Å². The van der Waals surface area contributed by atoms with Crippen LogP contribution in [0.2, 0.25) is 0 Å². The Balaban J connectivity index is 1.35. The van der Waals surface area contributed by atoms with E-state index in [0.717, 1.165) is 17.7 Å². The van der Waals surface area contributed by atoms with Gasteiger partial charge in [0, 0.05) is 31.9 Å². The standard InChI is InChI=1S/C33H36F3N9O5/c1-4-20-16-22(33(34,35)36)6-7-23(20)39-25(46)17-44-24(5-2)27(31(49)45-32(44)40-29(41-45)21-8-14-50-15-9-21)42-10-12-43(13-11-42)30(48)26-28(47)19(3)37-18-38-26/h6-8,16,18,47H,4-5,9-15,17H2,1-3H3,(H,39,46). The molecule has 0 radical (unpaired) electrons. The lowest BCUT2D eigenvalue weighted by Crippen LogP contribution is -2.51. The Kier molecular flexibility index (Phi) is 9.60. The summed E-state index contributed by atoms with van der Waals surface area (Å²) in [5.41, 5.74) is 1.09. The van der Waals surface area contributed by atoms with Gasteiger partial charge in [0.15, 0.2) is 17.3 Å². The average Bonchev–Trinajstić information content (AvgIpc) is 3.57. The minimum atomic E-state index is -4.53. The van der Waals surface area contributed by atoms with E-state index in [0.29, 0.717) is 48.8 Å². The number of benzene rings is 1. The lowest BCUT2D eigenvalue weighted by atomic mass is 10.1. The third-order valence-corrected chi connectivity index (χ3v) is 8.89. The van der Waals surface area contributed by atoms with Crippen molar-refractivity contribution in [3.63, 3.8) is 0 Å². The summed E-state index contributed by atoms with van der Waals surface area (Å²) >= 11 is 0. The van der Waals surface area contributed by atoms with Crippen LogP contribution in [0.4, 0.5) is 24.5 Å². The Labute approximate surface area is 284 Å². The second kappa shape index (κ2) is 13.9. The molecule has 3 aromatic heterocycles. The fourth-order valence-electron chi connectivity index (χ4n) is 6.22. The predicted molar refractivity (Wildman–Crippen MR) is 176 cm³/mol. The first-order valence-corrected chi connectivity index (χ1v) is 16.3. The van der Waals surface area contributed by atoms with Crippen molar-refractivity contribution in [3.8, 4) is 5.75 Å². The number of ether oxygens (including phenoxy) is 1. The van der Waals surface area contributed by atoms with Crippen molar-refractivity contribution in [3.05, 3.63) is 75.0 Å². The van der Waals surface area contributed by atoms with Gasteiger partial charge in [-0.15, -0.1) is 5.10 Å². The molecule has 1 fully saturated rings. The number of aromatic hydroxyl groups is 1. The number of nitrogens with one attached hydrogen (secondary N) is 1. The molecular formula is C33H36F3N9O5. The molecule has 2 amide bonds. The molecule has 0 unspecified atom stereocenters. The maximum atomic E-state index is 14.2. The van der Waals surface area contributed by atoms with Gasteiger partial charge in [-0.3, -0.25) is 14.4 Å². The molecule has 0 saturated carbocycles. The van der Waals surface area contributed by atoms with Crippen LogP contribution in [0.5, 0.6) is 5.75 Å². The lowest BCUT2D eigenvalue weighted by molar-refractivity contribution is -0.137. The van der Waals surface area contributed by atoms with Crippen LogP contribution in [-0.2, 0) is 35.1 Å². The van der Waals surface area contributed by atoms with E-state index in [9.17, 15) is 32.7 Å². The number of nitrogens with zero attached hydrogens (tertiary/aromatic N) is 8. The molecule has 17 heteroatoms. The summed E-state index contributed by atoms with van der Waals surface area (Å²) in [5.74, 6) is -0.822. The van der Waals surface area contributed by atoms with Crippen LogP contribution >= 0.6 is 0 Å². The lowest BCUT2D eigenvalue weighted by Gasteiger charge is -2.36. The molecule has 4 aromatic rings. The van der Waals surface area contributed by atoms with Crippen LogP contribution < -0.4 is 15.8 Å². The molecule has 1 aromatic carbocycles. The van der Waals surface area contributed by atoms with Gasteiger partial charge in [0.05, 0.1) is 30.2 Å². The Morgan fingerprint density at radius 3 is 2.50 bits per heavy atom. The number of aromatic nitrogens is 6. The van der Waals surface area contributed by atoms with Crippen molar-refractivity contribution in [2.45, 2.75) is 52.8 Å². The summed E-state index contributed by atoms with van der Waals surface area (Å²) < 4.78 is 48.3. The second-order valence-electron chi connectivity index (χ2n) is 11.9. The largest absolute Gasteiger partial charge is 0.504 e. The highest BCUT2D eigenvalue weighted by atomic mass is 19.4. The fraction of sp³-hybridized carbons (Fsp3) is 0.424. The summed E-state index contributed by atoms with van der Waals surface area (Å²) in [4.78, 5) is 57.0. The molecule has 50 heavy (non-hydrogen) atoms. The average molecular weight is 696 g/mol.